The van der Waals surface area contributed by atoms with Crippen LogP contribution in [0.3, 0.4) is 0 Å². The first-order chi connectivity index (χ1) is 11.4. The number of hydrogen-bond donors (Lipinski definition) is 1. The summed E-state index contributed by atoms with van der Waals surface area (Å²) in [4.78, 5) is 7.66. The predicted octanol–water partition coefficient (Wildman–Crippen LogP) is 4.80. The van der Waals surface area contributed by atoms with Crippen molar-refractivity contribution in [1.29, 1.82) is 5.26 Å². The summed E-state index contributed by atoms with van der Waals surface area (Å²) in [5.41, 5.74) is 2.96. The Hall–Kier alpha value is -3.06. The highest BCUT2D eigenvalue weighted by atomic mass is 16.5. The van der Waals surface area contributed by atoms with Crippen molar-refractivity contribution < 1.29 is 4.74 Å². The van der Waals surface area contributed by atoms with Crippen molar-refractivity contribution in [3.8, 4) is 11.8 Å². The fourth-order valence-corrected chi connectivity index (χ4v) is 2.39. The standard InChI is InChI=1S/C20H19N3O/c1-20(2,3)24-16-10-8-14(9-11-16)12-15(13-21)19-22-17-6-4-5-7-18(17)23-19/h4-12H,1-3H3,(H,22,23)/b15-12-. The summed E-state index contributed by atoms with van der Waals surface area (Å²) < 4.78 is 5.81. The molecule has 4 heteroatoms. The van der Waals surface area contributed by atoms with E-state index >= 15 is 0 Å². The summed E-state index contributed by atoms with van der Waals surface area (Å²) in [6.07, 6.45) is 1.82. The van der Waals surface area contributed by atoms with Gasteiger partial charge in [-0.1, -0.05) is 24.3 Å². The number of aromatic amines is 1. The summed E-state index contributed by atoms with van der Waals surface area (Å²) in [5.74, 6) is 1.38. The zero-order chi connectivity index (χ0) is 17.2. The van der Waals surface area contributed by atoms with Crippen LogP contribution in [0.4, 0.5) is 0 Å². The maximum Gasteiger partial charge on any atom is 0.149 e. The molecule has 0 amide bonds. The third-order valence-electron chi connectivity index (χ3n) is 3.38. The van der Waals surface area contributed by atoms with Gasteiger partial charge in [0.05, 0.1) is 16.6 Å². The molecule has 2 aromatic carbocycles. The van der Waals surface area contributed by atoms with Crippen molar-refractivity contribution in [2.45, 2.75) is 26.4 Å². The molecule has 3 aromatic rings. The maximum absolute atomic E-state index is 9.47. The number of nitrogens with zero attached hydrogens (tertiary/aromatic N) is 2. The van der Waals surface area contributed by atoms with Gasteiger partial charge in [-0.15, -0.1) is 0 Å². The first-order valence-corrected chi connectivity index (χ1v) is 7.81. The Balaban J connectivity index is 1.89. The molecule has 0 fully saturated rings. The van der Waals surface area contributed by atoms with E-state index in [0.29, 0.717) is 11.4 Å². The van der Waals surface area contributed by atoms with Crippen LogP contribution in [-0.4, -0.2) is 15.6 Å². The van der Waals surface area contributed by atoms with Gasteiger partial charge in [0.2, 0.25) is 0 Å². The molecule has 0 bridgehead atoms. The van der Waals surface area contributed by atoms with E-state index in [4.69, 9.17) is 4.74 Å². The van der Waals surface area contributed by atoms with E-state index in [0.717, 1.165) is 22.3 Å². The fourth-order valence-electron chi connectivity index (χ4n) is 2.39. The number of fused-ring (bicyclic) bond motifs is 1. The minimum Gasteiger partial charge on any atom is -0.488 e. The normalized spacial score (nSPS) is 12.2. The molecule has 4 nitrogen and oxygen atoms in total. The molecule has 0 aliphatic carbocycles. The molecule has 1 aromatic heterocycles. The Bertz CT molecular complexity index is 889. The van der Waals surface area contributed by atoms with Gasteiger partial charge in [-0.2, -0.15) is 5.26 Å². The van der Waals surface area contributed by atoms with Crippen LogP contribution in [0.2, 0.25) is 0 Å². The Morgan fingerprint density at radius 3 is 2.46 bits per heavy atom. The maximum atomic E-state index is 9.47. The van der Waals surface area contributed by atoms with E-state index in [1.165, 1.54) is 0 Å². The second-order valence-electron chi connectivity index (χ2n) is 6.56. The van der Waals surface area contributed by atoms with Gasteiger partial charge < -0.3 is 9.72 Å². The molecular formula is C20H19N3O. The number of nitrogens with one attached hydrogen (secondary N) is 1. The van der Waals surface area contributed by atoms with Crippen LogP contribution in [0.15, 0.2) is 48.5 Å². The molecule has 120 valence electrons. The SMILES string of the molecule is CC(C)(C)Oc1ccc(/C=C(/C#N)c2nc3ccccc3[nH]2)cc1. The van der Waals surface area contributed by atoms with Crippen molar-refractivity contribution in [1.82, 2.24) is 9.97 Å². The van der Waals surface area contributed by atoms with Crippen molar-refractivity contribution in [3.05, 3.63) is 59.9 Å². The number of H-pyrrole nitrogens is 1. The number of para-hydroxylation sites is 2. The number of allylic oxidation sites excluding steroid dienone is 1. The van der Waals surface area contributed by atoms with Crippen LogP contribution in [0.1, 0.15) is 32.2 Å². The van der Waals surface area contributed by atoms with Gasteiger partial charge in [0.1, 0.15) is 23.2 Å². The van der Waals surface area contributed by atoms with Crippen LogP contribution in [0, 0.1) is 11.3 Å². The monoisotopic (exact) mass is 317 g/mol. The van der Waals surface area contributed by atoms with Gasteiger partial charge in [0, 0.05) is 0 Å². The van der Waals surface area contributed by atoms with Crippen LogP contribution in [-0.2, 0) is 0 Å². The molecule has 1 heterocycles. The molecule has 0 unspecified atom stereocenters. The van der Waals surface area contributed by atoms with Gasteiger partial charge in [0.15, 0.2) is 0 Å². The third-order valence-corrected chi connectivity index (χ3v) is 3.38. The number of hydrogen-bond acceptors (Lipinski definition) is 3. The topological polar surface area (TPSA) is 61.7 Å². The van der Waals surface area contributed by atoms with Gasteiger partial charge in [-0.25, -0.2) is 4.98 Å². The molecule has 1 N–H and O–H groups in total. The Morgan fingerprint density at radius 1 is 1.12 bits per heavy atom. The van der Waals surface area contributed by atoms with Crippen molar-refractivity contribution in [2.24, 2.45) is 0 Å². The van der Waals surface area contributed by atoms with E-state index in [9.17, 15) is 5.26 Å². The van der Waals surface area contributed by atoms with E-state index in [1.54, 1.807) is 0 Å². The smallest absolute Gasteiger partial charge is 0.149 e. The number of aromatic nitrogens is 2. The molecule has 0 saturated carbocycles. The highest BCUT2D eigenvalue weighted by Crippen LogP contribution is 2.22. The lowest BCUT2D eigenvalue weighted by atomic mass is 10.1. The summed E-state index contributed by atoms with van der Waals surface area (Å²) in [7, 11) is 0. The van der Waals surface area contributed by atoms with Gasteiger partial charge in [-0.05, 0) is 56.7 Å². The molecule has 0 aliphatic rings. The minimum absolute atomic E-state index is 0.233. The molecule has 0 atom stereocenters. The lowest BCUT2D eigenvalue weighted by Gasteiger charge is -2.21. The molecule has 3 rings (SSSR count). The van der Waals surface area contributed by atoms with Crippen LogP contribution in [0.25, 0.3) is 22.7 Å². The predicted molar refractivity (Wildman–Crippen MR) is 96.4 cm³/mol. The van der Waals surface area contributed by atoms with Gasteiger partial charge in [0.25, 0.3) is 0 Å². The van der Waals surface area contributed by atoms with E-state index in [-0.39, 0.29) is 5.60 Å². The van der Waals surface area contributed by atoms with Gasteiger partial charge >= 0.3 is 0 Å². The number of imidazole rings is 1. The first-order valence-electron chi connectivity index (χ1n) is 7.81. The summed E-state index contributed by atoms with van der Waals surface area (Å²) in [6, 6.07) is 17.6. The van der Waals surface area contributed by atoms with Crippen LogP contribution in [0.5, 0.6) is 5.75 Å². The zero-order valence-electron chi connectivity index (χ0n) is 14.0. The van der Waals surface area contributed by atoms with Crippen molar-refractivity contribution in [3.63, 3.8) is 0 Å². The molecule has 0 aliphatic heterocycles. The van der Waals surface area contributed by atoms with E-state index < -0.39 is 0 Å². The Morgan fingerprint density at radius 2 is 1.83 bits per heavy atom. The molecule has 24 heavy (non-hydrogen) atoms. The Kier molecular flexibility index (Phi) is 4.09. The molecule has 0 saturated heterocycles. The number of benzene rings is 2. The average Bonchev–Trinajstić information content (AvgIpc) is 2.96. The van der Waals surface area contributed by atoms with E-state index in [2.05, 4.69) is 16.0 Å². The average molecular weight is 317 g/mol. The summed E-state index contributed by atoms with van der Waals surface area (Å²) >= 11 is 0. The number of nitriles is 1. The quantitative estimate of drug-likeness (QED) is 0.705. The first kappa shape index (κ1) is 15.8. The van der Waals surface area contributed by atoms with Crippen LogP contribution >= 0.6 is 0 Å². The molecular weight excluding hydrogens is 298 g/mol. The number of rotatable bonds is 3. The minimum atomic E-state index is -0.233. The molecule has 0 radical (unpaired) electrons. The zero-order valence-corrected chi connectivity index (χ0v) is 14.0. The summed E-state index contributed by atoms with van der Waals surface area (Å²) in [6.45, 7) is 6.03. The van der Waals surface area contributed by atoms with Crippen LogP contribution < -0.4 is 4.74 Å². The summed E-state index contributed by atoms with van der Waals surface area (Å²) in [5, 5.41) is 9.47. The molecule has 0 spiro atoms. The second kappa shape index (κ2) is 6.21. The largest absolute Gasteiger partial charge is 0.488 e. The third kappa shape index (κ3) is 3.64. The number of ether oxygens (including phenoxy) is 1. The van der Waals surface area contributed by atoms with Crippen molar-refractivity contribution >= 4 is 22.7 Å². The van der Waals surface area contributed by atoms with E-state index in [1.807, 2.05) is 75.4 Å². The van der Waals surface area contributed by atoms with Gasteiger partial charge in [-0.3, -0.25) is 0 Å². The Labute approximate surface area is 141 Å². The van der Waals surface area contributed by atoms with Crippen molar-refractivity contribution in [2.75, 3.05) is 0 Å². The lowest BCUT2D eigenvalue weighted by Crippen LogP contribution is -2.22. The second-order valence-corrected chi connectivity index (χ2v) is 6.56. The fraction of sp³-hybridized carbons (Fsp3) is 0.200. The highest BCUT2D eigenvalue weighted by Gasteiger charge is 2.11. The highest BCUT2D eigenvalue weighted by molar-refractivity contribution is 5.90. The lowest BCUT2D eigenvalue weighted by molar-refractivity contribution is 0.131.